The fourth-order valence-corrected chi connectivity index (χ4v) is 3.14. The highest BCUT2D eigenvalue weighted by atomic mass is 16.6. The highest BCUT2D eigenvalue weighted by Crippen LogP contribution is 2.35. The van der Waals surface area contributed by atoms with Crippen molar-refractivity contribution < 1.29 is 19.1 Å². The summed E-state index contributed by atoms with van der Waals surface area (Å²) in [4.78, 5) is 25.3. The van der Waals surface area contributed by atoms with Gasteiger partial charge in [-0.15, -0.1) is 0 Å². The Morgan fingerprint density at radius 1 is 1.30 bits per heavy atom. The number of rotatable bonds is 5. The van der Waals surface area contributed by atoms with Crippen LogP contribution < -0.4 is 0 Å². The fourth-order valence-electron chi connectivity index (χ4n) is 3.14. The monoisotopic (exact) mass is 315 g/mol. The van der Waals surface area contributed by atoms with Gasteiger partial charge in [-0.3, -0.25) is 9.59 Å². The molecule has 2 rings (SSSR count). The van der Waals surface area contributed by atoms with Gasteiger partial charge < -0.3 is 14.4 Å². The highest BCUT2D eigenvalue weighted by molar-refractivity contribution is 6.57. The Hall–Kier alpha value is -1.82. The van der Waals surface area contributed by atoms with Crippen LogP contribution in [0.1, 0.15) is 32.8 Å². The molecule has 1 saturated heterocycles. The SMILES string of the molecule is [B]C(=O)N1[C@@H](Cc2ccccc2)[C@@H](CC(=O)OCC)OC1(C)C. The second-order valence-electron chi connectivity index (χ2n) is 6.08. The molecular formula is C17H22BNO4. The van der Waals surface area contributed by atoms with Crippen molar-refractivity contribution in [2.75, 3.05) is 6.61 Å². The Morgan fingerprint density at radius 3 is 2.52 bits per heavy atom. The van der Waals surface area contributed by atoms with Gasteiger partial charge in [0.1, 0.15) is 5.72 Å². The molecule has 2 radical (unpaired) electrons. The van der Waals surface area contributed by atoms with Crippen molar-refractivity contribution in [3.8, 4) is 0 Å². The summed E-state index contributed by atoms with van der Waals surface area (Å²) in [7, 11) is 5.56. The molecule has 1 heterocycles. The molecule has 0 saturated carbocycles. The molecule has 0 bridgehead atoms. The summed E-state index contributed by atoms with van der Waals surface area (Å²) in [6, 6.07) is 9.45. The highest BCUT2D eigenvalue weighted by Gasteiger charge is 2.48. The van der Waals surface area contributed by atoms with Crippen molar-refractivity contribution >= 4 is 19.6 Å². The van der Waals surface area contributed by atoms with Gasteiger partial charge in [0.2, 0.25) is 7.85 Å². The van der Waals surface area contributed by atoms with Gasteiger partial charge in [-0.2, -0.15) is 0 Å². The first-order valence-corrected chi connectivity index (χ1v) is 7.81. The van der Waals surface area contributed by atoms with Crippen LogP contribution in [-0.2, 0) is 20.7 Å². The number of nitrogens with zero attached hydrogens (tertiary/aromatic N) is 1. The minimum Gasteiger partial charge on any atom is -0.466 e. The summed E-state index contributed by atoms with van der Waals surface area (Å²) in [5.41, 5.74) is 0.196. The van der Waals surface area contributed by atoms with Gasteiger partial charge in [0, 0.05) is 0 Å². The van der Waals surface area contributed by atoms with Gasteiger partial charge in [-0.1, -0.05) is 30.3 Å². The van der Waals surface area contributed by atoms with E-state index in [1.807, 2.05) is 30.3 Å². The Labute approximate surface area is 138 Å². The summed E-state index contributed by atoms with van der Waals surface area (Å²) in [5, 5.41) is 0. The molecule has 1 fully saturated rings. The van der Waals surface area contributed by atoms with Crippen molar-refractivity contribution in [3.63, 3.8) is 0 Å². The number of amides is 1. The molecule has 122 valence electrons. The third kappa shape index (κ3) is 4.13. The molecule has 0 aliphatic carbocycles. The van der Waals surface area contributed by atoms with E-state index in [4.69, 9.17) is 17.3 Å². The first kappa shape index (κ1) is 17.5. The van der Waals surface area contributed by atoms with Crippen molar-refractivity contribution in [3.05, 3.63) is 35.9 Å². The molecule has 0 N–H and O–H groups in total. The topological polar surface area (TPSA) is 55.8 Å². The average molecular weight is 315 g/mol. The Morgan fingerprint density at radius 2 is 1.96 bits per heavy atom. The molecule has 5 nitrogen and oxygen atoms in total. The third-order valence-electron chi connectivity index (χ3n) is 3.98. The largest absolute Gasteiger partial charge is 0.466 e. The van der Waals surface area contributed by atoms with E-state index in [0.717, 1.165) is 5.56 Å². The number of hydrogen-bond donors (Lipinski definition) is 0. The summed E-state index contributed by atoms with van der Waals surface area (Å²) in [5.74, 6) is -0.889. The molecule has 0 unspecified atom stereocenters. The Bertz CT molecular complexity index is 561. The van der Waals surface area contributed by atoms with E-state index < -0.39 is 17.6 Å². The van der Waals surface area contributed by atoms with E-state index in [2.05, 4.69) is 0 Å². The molecule has 1 amide bonds. The molecular weight excluding hydrogens is 293 g/mol. The first-order valence-electron chi connectivity index (χ1n) is 7.81. The molecule has 1 aromatic carbocycles. The lowest BCUT2D eigenvalue weighted by molar-refractivity contribution is -0.147. The second kappa shape index (κ2) is 7.17. The number of esters is 1. The van der Waals surface area contributed by atoms with Crippen LogP contribution in [-0.4, -0.2) is 49.0 Å². The van der Waals surface area contributed by atoms with E-state index in [0.29, 0.717) is 13.0 Å². The van der Waals surface area contributed by atoms with Crippen LogP contribution in [0.25, 0.3) is 0 Å². The lowest BCUT2D eigenvalue weighted by Crippen LogP contribution is -2.48. The lowest BCUT2D eigenvalue weighted by Gasteiger charge is -2.33. The molecule has 0 spiro atoms. The quantitative estimate of drug-likeness (QED) is 0.618. The maximum Gasteiger partial charge on any atom is 0.308 e. The van der Waals surface area contributed by atoms with Crippen LogP contribution in [0.5, 0.6) is 0 Å². The van der Waals surface area contributed by atoms with Crippen molar-refractivity contribution in [2.45, 2.75) is 51.5 Å². The average Bonchev–Trinajstić information content (AvgIpc) is 2.70. The zero-order valence-electron chi connectivity index (χ0n) is 13.8. The van der Waals surface area contributed by atoms with Crippen LogP contribution in [0.2, 0.25) is 0 Å². The van der Waals surface area contributed by atoms with Gasteiger partial charge in [0.25, 0.3) is 0 Å². The van der Waals surface area contributed by atoms with E-state index in [1.165, 1.54) is 4.90 Å². The van der Waals surface area contributed by atoms with Gasteiger partial charge in [-0.25, -0.2) is 0 Å². The third-order valence-corrected chi connectivity index (χ3v) is 3.98. The molecule has 1 aliphatic heterocycles. The van der Waals surface area contributed by atoms with Crippen LogP contribution >= 0.6 is 0 Å². The predicted molar refractivity (Wildman–Crippen MR) is 87.1 cm³/mol. The number of ether oxygens (including phenoxy) is 2. The summed E-state index contributed by atoms with van der Waals surface area (Å²) in [6.45, 7) is 5.63. The van der Waals surface area contributed by atoms with Gasteiger partial charge in [0.15, 0.2) is 5.81 Å². The standard InChI is InChI=1S/C17H22BNO4/c1-4-22-15(20)11-14-13(10-12-8-6-5-7-9-12)19(16(18)21)17(2,3)23-14/h5-9,13-14H,4,10-11H2,1-3H3/t13-,14+/m0/s1. The molecule has 1 aromatic rings. The van der Waals surface area contributed by atoms with Crippen LogP contribution in [0, 0.1) is 0 Å². The maximum atomic E-state index is 11.9. The molecule has 23 heavy (non-hydrogen) atoms. The Balaban J connectivity index is 2.24. The predicted octanol–water partition coefficient (Wildman–Crippen LogP) is 2.28. The molecule has 1 aliphatic rings. The molecule has 6 heteroatoms. The van der Waals surface area contributed by atoms with Gasteiger partial charge in [0.05, 0.1) is 25.2 Å². The maximum absolute atomic E-state index is 11.9. The van der Waals surface area contributed by atoms with Crippen LogP contribution in [0.15, 0.2) is 30.3 Å². The number of benzene rings is 1. The summed E-state index contributed by atoms with van der Waals surface area (Å²) in [6.07, 6.45) is 0.215. The lowest BCUT2D eigenvalue weighted by atomic mass is 9.95. The summed E-state index contributed by atoms with van der Waals surface area (Å²) >= 11 is 0. The van der Waals surface area contributed by atoms with Gasteiger partial charge >= 0.3 is 5.97 Å². The number of hydrogen-bond acceptors (Lipinski definition) is 4. The zero-order chi connectivity index (χ0) is 17.0. The second-order valence-corrected chi connectivity index (χ2v) is 6.08. The number of carbonyl (C=O) groups excluding carboxylic acids is 2. The van der Waals surface area contributed by atoms with E-state index >= 15 is 0 Å². The normalized spacial score (nSPS) is 22.8. The molecule has 0 aromatic heterocycles. The molecule has 2 atom stereocenters. The smallest absolute Gasteiger partial charge is 0.308 e. The van der Waals surface area contributed by atoms with E-state index in [-0.39, 0.29) is 18.4 Å². The first-order chi connectivity index (χ1) is 10.8. The Kier molecular flexibility index (Phi) is 5.47. The van der Waals surface area contributed by atoms with Crippen molar-refractivity contribution in [1.29, 1.82) is 0 Å². The number of carbonyl (C=O) groups is 2. The van der Waals surface area contributed by atoms with Gasteiger partial charge in [-0.05, 0) is 32.8 Å². The fraction of sp³-hybridized carbons (Fsp3) is 0.529. The van der Waals surface area contributed by atoms with Crippen LogP contribution in [0.3, 0.4) is 0 Å². The minimum atomic E-state index is -0.859. The zero-order valence-corrected chi connectivity index (χ0v) is 13.8. The van der Waals surface area contributed by atoms with Crippen LogP contribution in [0.4, 0.5) is 4.79 Å². The summed E-state index contributed by atoms with van der Waals surface area (Å²) < 4.78 is 11.0. The minimum absolute atomic E-state index is 0.0958. The van der Waals surface area contributed by atoms with Crippen molar-refractivity contribution in [1.82, 2.24) is 4.90 Å². The van der Waals surface area contributed by atoms with E-state index in [1.54, 1.807) is 20.8 Å². The van der Waals surface area contributed by atoms with Crippen molar-refractivity contribution in [2.24, 2.45) is 0 Å². The van der Waals surface area contributed by atoms with E-state index in [9.17, 15) is 9.59 Å².